The van der Waals surface area contributed by atoms with Crippen molar-refractivity contribution in [2.45, 2.75) is 116 Å². The monoisotopic (exact) mass is 340 g/mol. The van der Waals surface area contributed by atoms with Gasteiger partial charge in [0.15, 0.2) is 0 Å². The second-order valence-electron chi connectivity index (χ2n) is 6.97. The summed E-state index contributed by atoms with van der Waals surface area (Å²) in [4.78, 5) is 10.4. The van der Waals surface area contributed by atoms with E-state index in [1.807, 2.05) is 0 Å². The van der Waals surface area contributed by atoms with Crippen LogP contribution in [0.15, 0.2) is 12.2 Å². The lowest BCUT2D eigenvalue weighted by Crippen LogP contribution is -2.04. The average molecular weight is 341 g/mol. The Hall–Kier alpha value is -0.830. The molecule has 0 aromatic rings. The first-order valence-electron chi connectivity index (χ1n) is 10.2. The summed E-state index contributed by atoms with van der Waals surface area (Å²) in [6.07, 6.45) is 21.6. The highest BCUT2D eigenvalue weighted by molar-refractivity contribution is 5.66. The van der Waals surface area contributed by atoms with Crippen molar-refractivity contribution in [3.05, 3.63) is 12.2 Å². The van der Waals surface area contributed by atoms with E-state index in [0.717, 1.165) is 57.8 Å². The van der Waals surface area contributed by atoms with Gasteiger partial charge in [0, 0.05) is 6.42 Å². The molecule has 0 spiro atoms. The molecule has 0 aromatic carbocycles. The van der Waals surface area contributed by atoms with Crippen LogP contribution in [0.1, 0.15) is 110 Å². The number of unbranched alkanes of at least 4 members (excludes halogenated alkanes) is 11. The van der Waals surface area contributed by atoms with E-state index in [4.69, 9.17) is 5.11 Å². The fraction of sp³-hybridized carbons (Fsp3) is 0.857. The predicted octanol–water partition coefficient (Wildman–Crippen LogP) is 6.25. The number of aliphatic carboxylic acids is 1. The van der Waals surface area contributed by atoms with Gasteiger partial charge in [-0.3, -0.25) is 4.79 Å². The van der Waals surface area contributed by atoms with Crippen LogP contribution in [0.2, 0.25) is 0 Å². The zero-order valence-corrected chi connectivity index (χ0v) is 15.8. The van der Waals surface area contributed by atoms with E-state index < -0.39 is 5.97 Å². The molecule has 0 heterocycles. The molecule has 0 aromatic heterocycles. The van der Waals surface area contributed by atoms with Crippen molar-refractivity contribution >= 4 is 5.97 Å². The van der Waals surface area contributed by atoms with Crippen LogP contribution in [0, 0.1) is 0 Å². The number of carboxylic acids is 1. The number of aliphatic hydroxyl groups is 1. The van der Waals surface area contributed by atoms with Crippen molar-refractivity contribution < 1.29 is 15.0 Å². The highest BCUT2D eigenvalue weighted by atomic mass is 16.4. The largest absolute Gasteiger partial charge is 0.481 e. The lowest BCUT2D eigenvalue weighted by Gasteiger charge is -2.07. The maximum absolute atomic E-state index is 10.4. The number of hydrogen-bond donors (Lipinski definition) is 2. The first kappa shape index (κ1) is 23.2. The van der Waals surface area contributed by atoms with Crippen molar-refractivity contribution in [3.63, 3.8) is 0 Å². The Morgan fingerprint density at radius 1 is 0.833 bits per heavy atom. The summed E-state index contributed by atoms with van der Waals surface area (Å²) in [7, 11) is 0. The summed E-state index contributed by atoms with van der Waals surface area (Å²) in [6, 6.07) is 0. The summed E-state index contributed by atoms with van der Waals surface area (Å²) in [6.45, 7) is 2.25. The zero-order valence-electron chi connectivity index (χ0n) is 15.8. The molecular weight excluding hydrogens is 300 g/mol. The molecule has 0 saturated carbocycles. The molecule has 0 aliphatic heterocycles. The normalized spacial score (nSPS) is 12.8. The smallest absolute Gasteiger partial charge is 0.303 e. The summed E-state index contributed by atoms with van der Waals surface area (Å²) >= 11 is 0. The van der Waals surface area contributed by atoms with Crippen molar-refractivity contribution in [1.82, 2.24) is 0 Å². The summed E-state index contributed by atoms with van der Waals surface area (Å²) in [5.74, 6) is -0.692. The minimum Gasteiger partial charge on any atom is -0.481 e. The van der Waals surface area contributed by atoms with Gasteiger partial charge in [-0.1, -0.05) is 83.3 Å². The molecule has 24 heavy (non-hydrogen) atoms. The molecule has 0 aliphatic rings. The van der Waals surface area contributed by atoms with Crippen LogP contribution < -0.4 is 0 Å². The first-order valence-corrected chi connectivity index (χ1v) is 10.2. The topological polar surface area (TPSA) is 57.5 Å². The molecule has 0 aliphatic carbocycles. The molecule has 0 saturated heterocycles. The van der Waals surface area contributed by atoms with E-state index in [1.54, 1.807) is 0 Å². The van der Waals surface area contributed by atoms with E-state index >= 15 is 0 Å². The second-order valence-corrected chi connectivity index (χ2v) is 6.97. The van der Waals surface area contributed by atoms with Crippen molar-refractivity contribution in [1.29, 1.82) is 0 Å². The molecule has 0 radical (unpaired) electrons. The van der Waals surface area contributed by atoms with E-state index in [0.29, 0.717) is 6.42 Å². The minimum atomic E-state index is -0.692. The third-order valence-electron chi connectivity index (χ3n) is 4.48. The van der Waals surface area contributed by atoms with Gasteiger partial charge in [0.25, 0.3) is 0 Å². The second kappa shape index (κ2) is 18.5. The Kier molecular flexibility index (Phi) is 17.9. The van der Waals surface area contributed by atoms with Crippen LogP contribution in [0.25, 0.3) is 0 Å². The molecule has 1 unspecified atom stereocenters. The first-order chi connectivity index (χ1) is 11.7. The van der Waals surface area contributed by atoms with E-state index in [2.05, 4.69) is 19.1 Å². The van der Waals surface area contributed by atoms with Gasteiger partial charge in [0.1, 0.15) is 0 Å². The van der Waals surface area contributed by atoms with Gasteiger partial charge in [-0.25, -0.2) is 0 Å². The fourth-order valence-electron chi connectivity index (χ4n) is 2.89. The third-order valence-corrected chi connectivity index (χ3v) is 4.48. The van der Waals surface area contributed by atoms with Crippen LogP contribution >= 0.6 is 0 Å². The number of allylic oxidation sites excluding steroid dienone is 1. The Labute approximate surface area is 149 Å². The molecule has 3 nitrogen and oxygen atoms in total. The Balaban J connectivity index is 3.27. The van der Waals surface area contributed by atoms with E-state index in [-0.39, 0.29) is 6.10 Å². The van der Waals surface area contributed by atoms with Gasteiger partial charge < -0.3 is 10.2 Å². The Morgan fingerprint density at radius 3 is 2.08 bits per heavy atom. The molecule has 2 N–H and O–H groups in total. The van der Waals surface area contributed by atoms with E-state index in [1.165, 1.54) is 38.5 Å². The van der Waals surface area contributed by atoms with Gasteiger partial charge >= 0.3 is 5.97 Å². The molecule has 1 atom stereocenters. The van der Waals surface area contributed by atoms with Gasteiger partial charge in [0.2, 0.25) is 0 Å². The number of carboxylic acid groups (broad SMARTS) is 1. The molecule has 3 heteroatoms. The predicted molar refractivity (Wildman–Crippen MR) is 102 cm³/mol. The summed E-state index contributed by atoms with van der Waals surface area (Å²) in [5, 5.41) is 18.5. The maximum atomic E-state index is 10.4. The SMILES string of the molecule is CCCCCCCCC=CCC(O)CCCCCCCCC(=O)O. The van der Waals surface area contributed by atoms with Gasteiger partial charge in [-0.2, -0.15) is 0 Å². The van der Waals surface area contributed by atoms with Gasteiger partial charge in [-0.15, -0.1) is 0 Å². The highest BCUT2D eigenvalue weighted by Gasteiger charge is 2.01. The Bertz CT molecular complexity index is 299. The van der Waals surface area contributed by atoms with Crippen LogP contribution in [-0.4, -0.2) is 22.3 Å². The van der Waals surface area contributed by atoms with Gasteiger partial charge in [0.05, 0.1) is 6.10 Å². The standard InChI is InChI=1S/C21H40O3/c1-2-3-4-5-6-7-8-11-14-17-20(22)18-15-12-9-10-13-16-19-21(23)24/h11,14,20,22H,2-10,12-13,15-19H2,1H3,(H,23,24). The zero-order chi connectivity index (χ0) is 17.9. The maximum Gasteiger partial charge on any atom is 0.303 e. The molecule has 0 bridgehead atoms. The highest BCUT2D eigenvalue weighted by Crippen LogP contribution is 2.12. The lowest BCUT2D eigenvalue weighted by atomic mass is 10.0. The Morgan fingerprint density at radius 2 is 1.42 bits per heavy atom. The summed E-state index contributed by atoms with van der Waals surface area (Å²) in [5.41, 5.74) is 0. The van der Waals surface area contributed by atoms with Crippen molar-refractivity contribution in [2.75, 3.05) is 0 Å². The number of aliphatic hydroxyl groups excluding tert-OH is 1. The number of hydrogen-bond acceptors (Lipinski definition) is 2. The van der Waals surface area contributed by atoms with Crippen LogP contribution in [-0.2, 0) is 4.79 Å². The third kappa shape index (κ3) is 19.2. The number of rotatable bonds is 18. The van der Waals surface area contributed by atoms with Crippen LogP contribution in [0.4, 0.5) is 0 Å². The average Bonchev–Trinajstić information content (AvgIpc) is 2.55. The molecule has 0 amide bonds. The molecule has 142 valence electrons. The molecular formula is C21H40O3. The molecule has 0 rings (SSSR count). The fourth-order valence-corrected chi connectivity index (χ4v) is 2.89. The van der Waals surface area contributed by atoms with Crippen LogP contribution in [0.5, 0.6) is 0 Å². The van der Waals surface area contributed by atoms with Gasteiger partial charge in [-0.05, 0) is 32.1 Å². The minimum absolute atomic E-state index is 0.196. The molecule has 0 fully saturated rings. The van der Waals surface area contributed by atoms with Crippen molar-refractivity contribution in [2.24, 2.45) is 0 Å². The number of carbonyl (C=O) groups is 1. The quantitative estimate of drug-likeness (QED) is 0.229. The van der Waals surface area contributed by atoms with Crippen LogP contribution in [0.3, 0.4) is 0 Å². The van der Waals surface area contributed by atoms with E-state index in [9.17, 15) is 9.90 Å². The van der Waals surface area contributed by atoms with Crippen molar-refractivity contribution in [3.8, 4) is 0 Å². The summed E-state index contributed by atoms with van der Waals surface area (Å²) < 4.78 is 0. The lowest BCUT2D eigenvalue weighted by molar-refractivity contribution is -0.137.